The Morgan fingerprint density at radius 2 is 1.95 bits per heavy atom. The Labute approximate surface area is 120 Å². The van der Waals surface area contributed by atoms with E-state index in [0.717, 1.165) is 23.6 Å². The zero-order valence-corrected chi connectivity index (χ0v) is 12.3. The predicted molar refractivity (Wildman–Crippen MR) is 80.6 cm³/mol. The predicted octanol–water partition coefficient (Wildman–Crippen LogP) is 3.49. The molecule has 1 aromatic carbocycles. The van der Waals surface area contributed by atoms with Crippen molar-refractivity contribution in [2.75, 3.05) is 11.9 Å². The summed E-state index contributed by atoms with van der Waals surface area (Å²) in [6.45, 7) is 7.31. The van der Waals surface area contributed by atoms with Gasteiger partial charge in [0.1, 0.15) is 12.4 Å². The fourth-order valence-corrected chi connectivity index (χ4v) is 1.99. The lowest BCUT2D eigenvalue weighted by molar-refractivity contribution is 0.0483. The molecule has 0 aliphatic rings. The first-order chi connectivity index (χ1) is 9.69. The second-order valence-corrected chi connectivity index (χ2v) is 4.71. The smallest absolute Gasteiger partial charge is 0.156 e. The SMILES string of the molecule is CCNc1cc(C)nc(COC(C)c2ccccc2)n1. The molecule has 2 rings (SSSR count). The van der Waals surface area contributed by atoms with Crippen LogP contribution in [0.15, 0.2) is 36.4 Å². The summed E-state index contributed by atoms with van der Waals surface area (Å²) < 4.78 is 5.85. The number of aromatic nitrogens is 2. The van der Waals surface area contributed by atoms with E-state index in [9.17, 15) is 0 Å². The van der Waals surface area contributed by atoms with Gasteiger partial charge in [0, 0.05) is 18.3 Å². The van der Waals surface area contributed by atoms with Crippen LogP contribution >= 0.6 is 0 Å². The summed E-state index contributed by atoms with van der Waals surface area (Å²) in [5.74, 6) is 1.56. The Bertz CT molecular complexity index is 543. The molecular weight excluding hydrogens is 250 g/mol. The number of benzene rings is 1. The minimum absolute atomic E-state index is 0.0305. The molecule has 20 heavy (non-hydrogen) atoms. The van der Waals surface area contributed by atoms with Crippen LogP contribution in [0, 0.1) is 6.92 Å². The van der Waals surface area contributed by atoms with Gasteiger partial charge in [-0.15, -0.1) is 0 Å². The molecule has 4 nitrogen and oxygen atoms in total. The second kappa shape index (κ2) is 7.01. The third-order valence-corrected chi connectivity index (χ3v) is 2.99. The summed E-state index contributed by atoms with van der Waals surface area (Å²) >= 11 is 0. The molecule has 1 N–H and O–H groups in total. The fourth-order valence-electron chi connectivity index (χ4n) is 1.99. The first kappa shape index (κ1) is 14.5. The van der Waals surface area contributed by atoms with Crippen molar-refractivity contribution in [3.05, 3.63) is 53.5 Å². The molecule has 1 atom stereocenters. The number of anilines is 1. The Hall–Kier alpha value is -1.94. The molecule has 0 fully saturated rings. The molecule has 0 bridgehead atoms. The van der Waals surface area contributed by atoms with Crippen LogP contribution in [0.25, 0.3) is 0 Å². The van der Waals surface area contributed by atoms with Crippen LogP contribution in [-0.2, 0) is 11.3 Å². The number of nitrogens with one attached hydrogen (secondary N) is 1. The van der Waals surface area contributed by atoms with Gasteiger partial charge in [0.15, 0.2) is 5.82 Å². The minimum atomic E-state index is 0.0305. The van der Waals surface area contributed by atoms with Crippen LogP contribution in [0.5, 0.6) is 0 Å². The maximum absolute atomic E-state index is 5.85. The van der Waals surface area contributed by atoms with Crippen LogP contribution in [-0.4, -0.2) is 16.5 Å². The summed E-state index contributed by atoms with van der Waals surface area (Å²) in [6.07, 6.45) is 0.0305. The normalized spacial score (nSPS) is 12.2. The lowest BCUT2D eigenvalue weighted by atomic mass is 10.1. The first-order valence-corrected chi connectivity index (χ1v) is 6.94. The van der Waals surface area contributed by atoms with Gasteiger partial charge < -0.3 is 10.1 Å². The van der Waals surface area contributed by atoms with Crippen LogP contribution in [0.3, 0.4) is 0 Å². The lowest BCUT2D eigenvalue weighted by Crippen LogP contribution is -2.07. The van der Waals surface area contributed by atoms with E-state index >= 15 is 0 Å². The molecule has 1 heterocycles. The molecule has 0 saturated heterocycles. The maximum atomic E-state index is 5.85. The molecule has 1 aromatic heterocycles. The monoisotopic (exact) mass is 271 g/mol. The number of nitrogens with zero attached hydrogens (tertiary/aromatic N) is 2. The van der Waals surface area contributed by atoms with E-state index in [0.29, 0.717) is 12.4 Å². The molecule has 1 unspecified atom stereocenters. The zero-order valence-electron chi connectivity index (χ0n) is 12.3. The van der Waals surface area contributed by atoms with Gasteiger partial charge >= 0.3 is 0 Å². The van der Waals surface area contributed by atoms with E-state index in [4.69, 9.17) is 4.74 Å². The van der Waals surface area contributed by atoms with Crippen LogP contribution in [0.4, 0.5) is 5.82 Å². The standard InChI is InChI=1S/C16H21N3O/c1-4-17-15-10-12(2)18-16(19-15)11-20-13(3)14-8-6-5-7-9-14/h5-10,13H,4,11H2,1-3H3,(H,17,18,19). The van der Waals surface area contributed by atoms with Crippen molar-refractivity contribution in [2.24, 2.45) is 0 Å². The highest BCUT2D eigenvalue weighted by atomic mass is 16.5. The zero-order chi connectivity index (χ0) is 14.4. The van der Waals surface area contributed by atoms with Crippen molar-refractivity contribution in [3.8, 4) is 0 Å². The summed E-state index contributed by atoms with van der Waals surface area (Å²) in [7, 11) is 0. The van der Waals surface area contributed by atoms with E-state index in [2.05, 4.69) is 27.4 Å². The van der Waals surface area contributed by atoms with E-state index in [1.165, 1.54) is 0 Å². The quantitative estimate of drug-likeness (QED) is 0.873. The molecule has 4 heteroatoms. The number of rotatable bonds is 6. The minimum Gasteiger partial charge on any atom is -0.370 e. The molecule has 0 aliphatic heterocycles. The Morgan fingerprint density at radius 1 is 1.20 bits per heavy atom. The maximum Gasteiger partial charge on any atom is 0.156 e. The van der Waals surface area contributed by atoms with Gasteiger partial charge in [0.25, 0.3) is 0 Å². The number of aryl methyl sites for hydroxylation is 1. The summed E-state index contributed by atoms with van der Waals surface area (Å²) in [5, 5.41) is 3.20. The highest BCUT2D eigenvalue weighted by Crippen LogP contribution is 2.17. The van der Waals surface area contributed by atoms with Crippen molar-refractivity contribution < 1.29 is 4.74 Å². The van der Waals surface area contributed by atoms with E-state index in [-0.39, 0.29) is 6.10 Å². The summed E-state index contributed by atoms with van der Waals surface area (Å²) in [4.78, 5) is 8.85. The van der Waals surface area contributed by atoms with Crippen LogP contribution < -0.4 is 5.32 Å². The van der Waals surface area contributed by atoms with Crippen molar-refractivity contribution in [1.82, 2.24) is 9.97 Å². The van der Waals surface area contributed by atoms with Crippen molar-refractivity contribution >= 4 is 5.82 Å². The Kier molecular flexibility index (Phi) is 5.07. The van der Waals surface area contributed by atoms with Crippen molar-refractivity contribution in [1.29, 1.82) is 0 Å². The molecule has 0 spiro atoms. The van der Waals surface area contributed by atoms with Gasteiger partial charge in [0.2, 0.25) is 0 Å². The van der Waals surface area contributed by atoms with Gasteiger partial charge in [-0.2, -0.15) is 0 Å². The van der Waals surface area contributed by atoms with Crippen LogP contribution in [0.2, 0.25) is 0 Å². The lowest BCUT2D eigenvalue weighted by Gasteiger charge is -2.13. The second-order valence-electron chi connectivity index (χ2n) is 4.71. The molecule has 106 valence electrons. The van der Waals surface area contributed by atoms with Gasteiger partial charge in [-0.25, -0.2) is 9.97 Å². The van der Waals surface area contributed by atoms with Gasteiger partial charge in [-0.1, -0.05) is 30.3 Å². The largest absolute Gasteiger partial charge is 0.370 e. The van der Waals surface area contributed by atoms with Crippen molar-refractivity contribution in [3.63, 3.8) is 0 Å². The average molecular weight is 271 g/mol. The third-order valence-electron chi connectivity index (χ3n) is 2.99. The number of ether oxygens (including phenoxy) is 1. The Balaban J connectivity index is 2.00. The van der Waals surface area contributed by atoms with Gasteiger partial charge in [0.05, 0.1) is 6.10 Å². The molecule has 0 saturated carbocycles. The molecule has 0 radical (unpaired) electrons. The van der Waals surface area contributed by atoms with E-state index < -0.39 is 0 Å². The Morgan fingerprint density at radius 3 is 2.65 bits per heavy atom. The van der Waals surface area contributed by atoms with E-state index in [1.807, 2.05) is 45.0 Å². The molecule has 0 amide bonds. The first-order valence-electron chi connectivity index (χ1n) is 6.94. The van der Waals surface area contributed by atoms with Gasteiger partial charge in [-0.05, 0) is 26.3 Å². The fraction of sp³-hybridized carbons (Fsp3) is 0.375. The van der Waals surface area contributed by atoms with Crippen LogP contribution in [0.1, 0.15) is 37.0 Å². The molecule has 2 aromatic rings. The number of hydrogen-bond donors (Lipinski definition) is 1. The average Bonchev–Trinajstić information content (AvgIpc) is 2.45. The molecule has 0 aliphatic carbocycles. The highest BCUT2D eigenvalue weighted by Gasteiger charge is 2.07. The molecular formula is C16H21N3O. The van der Waals surface area contributed by atoms with Crippen molar-refractivity contribution in [2.45, 2.75) is 33.5 Å². The number of hydrogen-bond acceptors (Lipinski definition) is 4. The highest BCUT2D eigenvalue weighted by molar-refractivity contribution is 5.35. The third kappa shape index (κ3) is 4.03. The van der Waals surface area contributed by atoms with Gasteiger partial charge in [-0.3, -0.25) is 0 Å². The topological polar surface area (TPSA) is 47.0 Å². The van der Waals surface area contributed by atoms with E-state index in [1.54, 1.807) is 0 Å². The summed E-state index contributed by atoms with van der Waals surface area (Å²) in [6, 6.07) is 12.1. The summed E-state index contributed by atoms with van der Waals surface area (Å²) in [5.41, 5.74) is 2.11.